The van der Waals surface area contributed by atoms with Crippen molar-refractivity contribution in [3.05, 3.63) is 71.8 Å². The zero-order chi connectivity index (χ0) is 16.3. The van der Waals surface area contributed by atoms with Crippen LogP contribution < -0.4 is 0 Å². The molecule has 0 bridgehead atoms. The minimum atomic E-state index is -0.757. The average Bonchev–Trinajstić information content (AvgIpc) is 2.53. The lowest BCUT2D eigenvalue weighted by molar-refractivity contribution is -0.278. The molecule has 1 saturated heterocycles. The van der Waals surface area contributed by atoms with E-state index < -0.39 is 18.0 Å². The molecule has 23 heavy (non-hydrogen) atoms. The van der Waals surface area contributed by atoms with Gasteiger partial charge < -0.3 is 9.47 Å². The number of hydrogen-bond acceptors (Lipinski definition) is 3. The highest BCUT2D eigenvalue weighted by Crippen LogP contribution is 2.28. The van der Waals surface area contributed by atoms with Gasteiger partial charge in [-0.3, -0.25) is 4.79 Å². The van der Waals surface area contributed by atoms with Crippen molar-refractivity contribution in [2.45, 2.75) is 44.7 Å². The molecule has 3 nitrogen and oxygen atoms in total. The molecular formula is C20H22O3. The van der Waals surface area contributed by atoms with Gasteiger partial charge in [-0.25, -0.2) is 0 Å². The summed E-state index contributed by atoms with van der Waals surface area (Å²) in [7, 11) is 0. The summed E-state index contributed by atoms with van der Waals surface area (Å²) in [5.74, 6) is -0.732. The molecule has 2 atom stereocenters. The number of rotatable bonds is 4. The molecule has 0 saturated carbocycles. The molecule has 0 spiro atoms. The maximum Gasteiger partial charge on any atom is 0.191 e. The third-order valence-corrected chi connectivity index (χ3v) is 4.01. The van der Waals surface area contributed by atoms with Gasteiger partial charge in [-0.1, -0.05) is 60.7 Å². The van der Waals surface area contributed by atoms with Gasteiger partial charge in [-0.05, 0) is 25.0 Å². The number of carbonyl (C=O) groups is 1. The SMILES string of the molecule is CC1(C)O[C@H](Cc2ccccc2)C(=O)[C@@H](Cc2ccccc2)O1. The van der Waals surface area contributed by atoms with E-state index in [0.717, 1.165) is 11.1 Å². The fourth-order valence-electron chi connectivity index (χ4n) is 2.98. The summed E-state index contributed by atoms with van der Waals surface area (Å²) in [6.07, 6.45) is 0.236. The normalized spacial score (nSPS) is 23.7. The number of ether oxygens (including phenoxy) is 2. The van der Waals surface area contributed by atoms with Crippen LogP contribution >= 0.6 is 0 Å². The molecule has 3 rings (SSSR count). The van der Waals surface area contributed by atoms with Crippen LogP contribution in [-0.2, 0) is 27.1 Å². The maximum absolute atomic E-state index is 12.8. The molecular weight excluding hydrogens is 288 g/mol. The minimum absolute atomic E-state index is 0.0250. The number of ketones is 1. The maximum atomic E-state index is 12.8. The predicted octanol–water partition coefficient (Wildman–Crippen LogP) is 3.56. The van der Waals surface area contributed by atoms with Crippen LogP contribution in [0.25, 0.3) is 0 Å². The summed E-state index contributed by atoms with van der Waals surface area (Å²) >= 11 is 0. The van der Waals surface area contributed by atoms with Crippen molar-refractivity contribution in [3.8, 4) is 0 Å². The van der Waals surface area contributed by atoms with Crippen LogP contribution in [0.3, 0.4) is 0 Å². The standard InChI is InChI=1S/C20H22O3/c1-20(2)22-17(13-15-9-5-3-6-10-15)19(21)18(23-20)14-16-11-7-4-8-12-16/h3-12,17-18H,13-14H2,1-2H3/t17-,18-/m1/s1. The van der Waals surface area contributed by atoms with Crippen molar-refractivity contribution >= 4 is 5.78 Å². The summed E-state index contributed by atoms with van der Waals surface area (Å²) < 4.78 is 11.8. The molecule has 120 valence electrons. The molecule has 0 aliphatic carbocycles. The molecule has 3 heteroatoms. The molecule has 0 radical (unpaired) electrons. The van der Waals surface area contributed by atoms with Gasteiger partial charge in [-0.2, -0.15) is 0 Å². The first-order valence-electron chi connectivity index (χ1n) is 8.01. The lowest BCUT2D eigenvalue weighted by atomic mass is 9.95. The minimum Gasteiger partial charge on any atom is -0.339 e. The molecule has 0 unspecified atom stereocenters. The van der Waals surface area contributed by atoms with Crippen LogP contribution in [0.5, 0.6) is 0 Å². The fourth-order valence-corrected chi connectivity index (χ4v) is 2.98. The zero-order valence-corrected chi connectivity index (χ0v) is 13.6. The summed E-state index contributed by atoms with van der Waals surface area (Å²) in [6.45, 7) is 3.74. The molecule has 0 N–H and O–H groups in total. The smallest absolute Gasteiger partial charge is 0.191 e. The van der Waals surface area contributed by atoms with Crippen LogP contribution in [0.4, 0.5) is 0 Å². The van der Waals surface area contributed by atoms with Crippen LogP contribution in [0.15, 0.2) is 60.7 Å². The number of hydrogen-bond donors (Lipinski definition) is 0. The third kappa shape index (κ3) is 4.06. The second-order valence-corrected chi connectivity index (χ2v) is 6.39. The molecule has 1 aliphatic heterocycles. The topological polar surface area (TPSA) is 35.5 Å². The zero-order valence-electron chi connectivity index (χ0n) is 13.6. The number of Topliss-reactive ketones (excluding diaryl/α,β-unsaturated/α-hetero) is 1. The molecule has 0 amide bonds. The Balaban J connectivity index is 1.76. The second-order valence-electron chi connectivity index (χ2n) is 6.39. The van der Waals surface area contributed by atoms with Crippen molar-refractivity contribution < 1.29 is 14.3 Å². The van der Waals surface area contributed by atoms with Crippen molar-refractivity contribution in [1.82, 2.24) is 0 Å². The van der Waals surface area contributed by atoms with Crippen molar-refractivity contribution in [2.75, 3.05) is 0 Å². The Hall–Kier alpha value is -1.97. The van der Waals surface area contributed by atoms with E-state index >= 15 is 0 Å². The molecule has 0 aromatic heterocycles. The monoisotopic (exact) mass is 310 g/mol. The van der Waals surface area contributed by atoms with Crippen LogP contribution in [-0.4, -0.2) is 23.8 Å². The molecule has 2 aromatic rings. The molecule has 1 aliphatic rings. The first-order chi connectivity index (χ1) is 11.0. The lowest BCUT2D eigenvalue weighted by Gasteiger charge is -2.39. The largest absolute Gasteiger partial charge is 0.339 e. The Morgan fingerprint density at radius 2 is 1.17 bits per heavy atom. The Morgan fingerprint density at radius 1 is 0.783 bits per heavy atom. The Kier molecular flexibility index (Phi) is 4.60. The van der Waals surface area contributed by atoms with Gasteiger partial charge in [0.1, 0.15) is 12.2 Å². The number of benzene rings is 2. The van der Waals surface area contributed by atoms with Crippen LogP contribution in [0.2, 0.25) is 0 Å². The highest BCUT2D eigenvalue weighted by atomic mass is 16.7. The van der Waals surface area contributed by atoms with E-state index in [9.17, 15) is 4.79 Å². The predicted molar refractivity (Wildman–Crippen MR) is 89.1 cm³/mol. The van der Waals surface area contributed by atoms with E-state index in [4.69, 9.17) is 9.47 Å². The van der Waals surface area contributed by atoms with Crippen molar-refractivity contribution in [2.24, 2.45) is 0 Å². The van der Waals surface area contributed by atoms with Gasteiger partial charge in [-0.15, -0.1) is 0 Å². The quantitative estimate of drug-likeness (QED) is 0.866. The van der Waals surface area contributed by atoms with E-state index in [-0.39, 0.29) is 5.78 Å². The summed E-state index contributed by atoms with van der Waals surface area (Å²) in [5, 5.41) is 0. The van der Waals surface area contributed by atoms with E-state index in [2.05, 4.69) is 0 Å². The van der Waals surface area contributed by atoms with E-state index in [1.54, 1.807) is 0 Å². The lowest BCUT2D eigenvalue weighted by Crippen LogP contribution is -2.53. The Morgan fingerprint density at radius 3 is 1.57 bits per heavy atom. The highest BCUT2D eigenvalue weighted by molar-refractivity contribution is 5.88. The summed E-state index contributed by atoms with van der Waals surface area (Å²) in [6, 6.07) is 19.9. The average molecular weight is 310 g/mol. The van der Waals surface area contributed by atoms with Gasteiger partial charge in [0.05, 0.1) is 0 Å². The van der Waals surface area contributed by atoms with E-state index in [1.165, 1.54) is 0 Å². The van der Waals surface area contributed by atoms with E-state index in [1.807, 2.05) is 74.5 Å². The third-order valence-electron chi connectivity index (χ3n) is 4.01. The molecule has 2 aromatic carbocycles. The van der Waals surface area contributed by atoms with Gasteiger partial charge in [0, 0.05) is 12.8 Å². The Bertz CT molecular complexity index is 594. The van der Waals surface area contributed by atoms with Gasteiger partial charge in [0.2, 0.25) is 0 Å². The second kappa shape index (κ2) is 6.65. The number of carbonyl (C=O) groups excluding carboxylic acids is 1. The molecule has 1 fully saturated rings. The van der Waals surface area contributed by atoms with Gasteiger partial charge >= 0.3 is 0 Å². The highest BCUT2D eigenvalue weighted by Gasteiger charge is 2.41. The summed E-state index contributed by atoms with van der Waals surface area (Å²) in [5.41, 5.74) is 2.20. The summed E-state index contributed by atoms with van der Waals surface area (Å²) in [4.78, 5) is 12.8. The van der Waals surface area contributed by atoms with Crippen molar-refractivity contribution in [1.29, 1.82) is 0 Å². The van der Waals surface area contributed by atoms with Gasteiger partial charge in [0.15, 0.2) is 11.6 Å². The first kappa shape index (κ1) is 15.9. The molecule has 1 heterocycles. The fraction of sp³-hybridized carbons (Fsp3) is 0.350. The first-order valence-corrected chi connectivity index (χ1v) is 8.01. The van der Waals surface area contributed by atoms with Crippen molar-refractivity contribution in [3.63, 3.8) is 0 Å². The van der Waals surface area contributed by atoms with Crippen LogP contribution in [0, 0.1) is 0 Å². The van der Waals surface area contributed by atoms with Crippen LogP contribution in [0.1, 0.15) is 25.0 Å². The van der Waals surface area contributed by atoms with Gasteiger partial charge in [0.25, 0.3) is 0 Å². The Labute approximate surface area is 137 Å². The van der Waals surface area contributed by atoms with E-state index in [0.29, 0.717) is 12.8 Å².